The molecule has 0 aliphatic heterocycles. The Kier molecular flexibility index (Phi) is 3.45. The molecule has 110 valence electrons. The second-order valence-corrected chi connectivity index (χ2v) is 5.60. The van der Waals surface area contributed by atoms with Crippen molar-refractivity contribution < 1.29 is 9.21 Å². The van der Waals surface area contributed by atoms with Crippen LogP contribution in [0.2, 0.25) is 0 Å². The molecule has 2 aromatic rings. The Labute approximate surface area is 124 Å². The van der Waals surface area contributed by atoms with Gasteiger partial charge < -0.3 is 15.1 Å². The Bertz CT molecular complexity index is 613. The molecule has 21 heavy (non-hydrogen) atoms. The molecule has 1 aliphatic rings. The number of rotatable bonds is 5. The maximum Gasteiger partial charge on any atom is 0.233 e. The first kappa shape index (κ1) is 13.7. The predicted octanol–water partition coefficient (Wildman–Crippen LogP) is 2.94. The zero-order chi connectivity index (χ0) is 14.9. The molecule has 1 fully saturated rings. The number of benzene rings is 1. The number of nitrogens with two attached hydrogens (primary N) is 1. The Balaban J connectivity index is 1.81. The molecule has 1 saturated carbocycles. The van der Waals surface area contributed by atoms with Gasteiger partial charge in [-0.3, -0.25) is 4.79 Å². The van der Waals surface area contributed by atoms with Crippen LogP contribution in [0, 0.1) is 0 Å². The molecule has 1 aromatic heterocycles. The molecule has 0 radical (unpaired) electrons. The van der Waals surface area contributed by atoms with Gasteiger partial charge in [0.05, 0.1) is 18.2 Å². The number of nitrogens with zero attached hydrogens (tertiary/aromatic N) is 1. The largest absolute Gasteiger partial charge is 0.467 e. The summed E-state index contributed by atoms with van der Waals surface area (Å²) in [6.45, 7) is 3.20. The van der Waals surface area contributed by atoms with Crippen molar-refractivity contribution in [1.29, 1.82) is 0 Å². The average Bonchev–Trinajstić information content (AvgIpc) is 3.15. The van der Waals surface area contributed by atoms with Crippen molar-refractivity contribution in [3.8, 4) is 0 Å². The molecule has 0 unspecified atom stereocenters. The molecule has 0 spiro atoms. The highest BCUT2D eigenvalue weighted by atomic mass is 16.3. The number of nitrogen functional groups attached to an aromatic ring is 1. The molecule has 1 heterocycles. The van der Waals surface area contributed by atoms with E-state index in [1.54, 1.807) is 6.26 Å². The van der Waals surface area contributed by atoms with Gasteiger partial charge in [0.2, 0.25) is 5.91 Å². The van der Waals surface area contributed by atoms with Crippen LogP contribution in [0.5, 0.6) is 0 Å². The highest BCUT2D eigenvalue weighted by Gasteiger charge is 2.52. The summed E-state index contributed by atoms with van der Waals surface area (Å²) in [5, 5.41) is 0. The maximum absolute atomic E-state index is 12.9. The highest BCUT2D eigenvalue weighted by Crippen LogP contribution is 2.49. The van der Waals surface area contributed by atoms with Crippen LogP contribution in [0.3, 0.4) is 0 Å². The van der Waals surface area contributed by atoms with E-state index in [-0.39, 0.29) is 11.3 Å². The number of amides is 1. The molecule has 4 nitrogen and oxygen atoms in total. The van der Waals surface area contributed by atoms with E-state index in [1.165, 1.54) is 0 Å². The average molecular weight is 284 g/mol. The lowest BCUT2D eigenvalue weighted by atomic mass is 9.94. The van der Waals surface area contributed by atoms with Gasteiger partial charge >= 0.3 is 0 Å². The van der Waals surface area contributed by atoms with E-state index >= 15 is 0 Å². The summed E-state index contributed by atoms with van der Waals surface area (Å²) in [7, 11) is 0. The van der Waals surface area contributed by atoms with Crippen molar-refractivity contribution in [1.82, 2.24) is 4.90 Å². The zero-order valence-electron chi connectivity index (χ0n) is 12.2. The highest BCUT2D eigenvalue weighted by molar-refractivity contribution is 5.91. The van der Waals surface area contributed by atoms with E-state index in [1.807, 2.05) is 48.2 Å². The first-order valence-corrected chi connectivity index (χ1v) is 7.33. The van der Waals surface area contributed by atoms with Gasteiger partial charge in [0, 0.05) is 12.2 Å². The summed E-state index contributed by atoms with van der Waals surface area (Å²) in [5.74, 6) is 1.00. The summed E-state index contributed by atoms with van der Waals surface area (Å²) in [4.78, 5) is 14.8. The van der Waals surface area contributed by atoms with Crippen LogP contribution in [0.25, 0.3) is 0 Å². The second-order valence-electron chi connectivity index (χ2n) is 5.60. The fraction of sp³-hybridized carbons (Fsp3) is 0.353. The minimum absolute atomic E-state index is 0.186. The van der Waals surface area contributed by atoms with E-state index in [2.05, 4.69) is 0 Å². The Hall–Kier alpha value is -2.23. The number of carbonyl (C=O) groups is 1. The lowest BCUT2D eigenvalue weighted by molar-refractivity contribution is -0.134. The van der Waals surface area contributed by atoms with Crippen molar-refractivity contribution in [2.75, 3.05) is 12.3 Å². The maximum atomic E-state index is 12.9. The van der Waals surface area contributed by atoms with Crippen LogP contribution in [0.15, 0.2) is 47.1 Å². The molecule has 1 aliphatic carbocycles. The predicted molar refractivity (Wildman–Crippen MR) is 81.6 cm³/mol. The van der Waals surface area contributed by atoms with E-state index in [0.29, 0.717) is 13.1 Å². The number of carbonyl (C=O) groups excluding carboxylic acids is 1. The van der Waals surface area contributed by atoms with Gasteiger partial charge in [-0.25, -0.2) is 0 Å². The summed E-state index contributed by atoms with van der Waals surface area (Å²) in [6, 6.07) is 11.4. The van der Waals surface area contributed by atoms with Gasteiger partial charge in [-0.2, -0.15) is 0 Å². The molecule has 4 heteroatoms. The third kappa shape index (κ3) is 2.53. The van der Waals surface area contributed by atoms with Crippen LogP contribution in [-0.4, -0.2) is 17.4 Å². The summed E-state index contributed by atoms with van der Waals surface area (Å²) in [6.07, 6.45) is 3.45. The minimum atomic E-state index is -0.351. The van der Waals surface area contributed by atoms with Gasteiger partial charge in [0.15, 0.2) is 0 Å². The zero-order valence-corrected chi connectivity index (χ0v) is 12.2. The minimum Gasteiger partial charge on any atom is -0.467 e. The molecule has 2 N–H and O–H groups in total. The van der Waals surface area contributed by atoms with Gasteiger partial charge in [-0.15, -0.1) is 0 Å². The van der Waals surface area contributed by atoms with E-state index < -0.39 is 0 Å². The van der Waals surface area contributed by atoms with Crippen LogP contribution < -0.4 is 5.73 Å². The SMILES string of the molecule is CCN(Cc1ccco1)C(=O)C1(c2ccc(N)cc2)CC1. The molecule has 0 bridgehead atoms. The number of hydrogen-bond donors (Lipinski definition) is 1. The normalized spacial score (nSPS) is 15.7. The van der Waals surface area contributed by atoms with Crippen LogP contribution in [0.1, 0.15) is 31.1 Å². The van der Waals surface area contributed by atoms with E-state index in [0.717, 1.165) is 29.9 Å². The molecular formula is C17H20N2O2. The Morgan fingerprint density at radius 3 is 2.52 bits per heavy atom. The summed E-state index contributed by atoms with van der Waals surface area (Å²) >= 11 is 0. The number of furan rings is 1. The smallest absolute Gasteiger partial charge is 0.233 e. The molecule has 1 aromatic carbocycles. The van der Waals surface area contributed by atoms with E-state index in [9.17, 15) is 4.79 Å². The molecular weight excluding hydrogens is 264 g/mol. The first-order valence-electron chi connectivity index (χ1n) is 7.33. The van der Waals surface area contributed by atoms with E-state index in [4.69, 9.17) is 10.2 Å². The Morgan fingerprint density at radius 1 is 1.29 bits per heavy atom. The fourth-order valence-electron chi connectivity index (χ4n) is 2.77. The standard InChI is InChI=1S/C17H20N2O2/c1-2-19(12-15-4-3-11-21-15)16(20)17(9-10-17)13-5-7-14(18)8-6-13/h3-8,11H,2,9-10,12,18H2,1H3. The van der Waals surface area contributed by atoms with Crippen LogP contribution in [0.4, 0.5) is 5.69 Å². The second kappa shape index (κ2) is 5.28. The molecule has 3 rings (SSSR count). The summed E-state index contributed by atoms with van der Waals surface area (Å²) < 4.78 is 5.36. The van der Waals surface area contributed by atoms with Gasteiger partial charge in [0.1, 0.15) is 5.76 Å². The lowest BCUT2D eigenvalue weighted by Crippen LogP contribution is -2.38. The molecule has 0 saturated heterocycles. The van der Waals surface area contributed by atoms with Crippen molar-refractivity contribution in [2.24, 2.45) is 0 Å². The van der Waals surface area contributed by atoms with Crippen molar-refractivity contribution in [2.45, 2.75) is 31.7 Å². The van der Waals surface area contributed by atoms with Crippen LogP contribution >= 0.6 is 0 Å². The summed E-state index contributed by atoms with van der Waals surface area (Å²) in [5.41, 5.74) is 7.18. The van der Waals surface area contributed by atoms with Gasteiger partial charge in [-0.1, -0.05) is 12.1 Å². The Morgan fingerprint density at radius 2 is 2.00 bits per heavy atom. The van der Waals surface area contributed by atoms with Gasteiger partial charge in [-0.05, 0) is 49.6 Å². The first-order chi connectivity index (χ1) is 10.2. The fourth-order valence-corrected chi connectivity index (χ4v) is 2.77. The third-order valence-electron chi connectivity index (χ3n) is 4.22. The van der Waals surface area contributed by atoms with Crippen molar-refractivity contribution >= 4 is 11.6 Å². The van der Waals surface area contributed by atoms with Crippen molar-refractivity contribution in [3.05, 3.63) is 54.0 Å². The van der Waals surface area contributed by atoms with Crippen molar-refractivity contribution in [3.63, 3.8) is 0 Å². The number of hydrogen-bond acceptors (Lipinski definition) is 3. The number of anilines is 1. The topological polar surface area (TPSA) is 59.5 Å². The lowest BCUT2D eigenvalue weighted by Gasteiger charge is -2.26. The monoisotopic (exact) mass is 284 g/mol. The number of likely N-dealkylation sites (N-methyl/N-ethyl adjacent to an activating group) is 1. The van der Waals surface area contributed by atoms with Crippen LogP contribution in [-0.2, 0) is 16.8 Å². The van der Waals surface area contributed by atoms with Gasteiger partial charge in [0.25, 0.3) is 0 Å². The quantitative estimate of drug-likeness (QED) is 0.859. The molecule has 1 amide bonds. The third-order valence-corrected chi connectivity index (χ3v) is 4.22. The molecule has 0 atom stereocenters.